The minimum Gasteiger partial charge on any atom is -0.326 e. The maximum absolute atomic E-state index is 12.7. The molecule has 0 unspecified atom stereocenters. The van der Waals surface area contributed by atoms with Crippen molar-refractivity contribution in [2.45, 2.75) is 19.4 Å². The molecule has 2 aromatic carbocycles. The summed E-state index contributed by atoms with van der Waals surface area (Å²) in [7, 11) is 0. The number of carbonyl (C=O) groups is 1. The summed E-state index contributed by atoms with van der Waals surface area (Å²) in [6.45, 7) is 1.26. The van der Waals surface area contributed by atoms with Crippen LogP contribution in [0.25, 0.3) is 0 Å². The highest BCUT2D eigenvalue weighted by Gasteiger charge is 2.23. The number of halogens is 1. The Bertz CT molecular complexity index is 684. The van der Waals surface area contributed by atoms with Gasteiger partial charge in [0.05, 0.1) is 0 Å². The van der Waals surface area contributed by atoms with Gasteiger partial charge in [-0.3, -0.25) is 4.79 Å². The average molecular weight is 301 g/mol. The number of hydrogen-bond acceptors (Lipinski definition) is 2. The molecular formula is C17H17ClN2O. The number of nitrogens with two attached hydrogens (primary N) is 1. The molecule has 1 amide bonds. The monoisotopic (exact) mass is 300 g/mol. The van der Waals surface area contributed by atoms with Crippen molar-refractivity contribution in [1.29, 1.82) is 0 Å². The van der Waals surface area contributed by atoms with Gasteiger partial charge >= 0.3 is 0 Å². The van der Waals surface area contributed by atoms with E-state index in [9.17, 15) is 4.79 Å². The molecule has 3 nitrogen and oxygen atoms in total. The van der Waals surface area contributed by atoms with Crippen LogP contribution >= 0.6 is 11.6 Å². The summed E-state index contributed by atoms with van der Waals surface area (Å²) in [4.78, 5) is 14.5. The van der Waals surface area contributed by atoms with Gasteiger partial charge in [0, 0.05) is 29.4 Å². The maximum Gasteiger partial charge on any atom is 0.258 e. The fourth-order valence-corrected chi connectivity index (χ4v) is 2.96. The highest BCUT2D eigenvalue weighted by atomic mass is 35.5. The van der Waals surface area contributed by atoms with Crippen molar-refractivity contribution in [2.75, 3.05) is 11.4 Å². The van der Waals surface area contributed by atoms with Gasteiger partial charge in [0.15, 0.2) is 0 Å². The van der Waals surface area contributed by atoms with E-state index in [1.165, 1.54) is 5.56 Å². The maximum atomic E-state index is 12.7. The molecule has 108 valence electrons. The first-order valence-corrected chi connectivity index (χ1v) is 7.46. The van der Waals surface area contributed by atoms with Crippen molar-refractivity contribution < 1.29 is 4.79 Å². The summed E-state index contributed by atoms with van der Waals surface area (Å²) in [6, 6.07) is 13.2. The molecule has 2 N–H and O–H groups in total. The zero-order valence-electron chi connectivity index (χ0n) is 11.7. The Kier molecular flexibility index (Phi) is 3.95. The van der Waals surface area contributed by atoms with Crippen LogP contribution in [0.15, 0.2) is 42.5 Å². The minimum atomic E-state index is -0.000974. The van der Waals surface area contributed by atoms with Crippen molar-refractivity contribution >= 4 is 23.2 Å². The van der Waals surface area contributed by atoms with Crippen molar-refractivity contribution in [3.8, 4) is 0 Å². The Morgan fingerprint density at radius 2 is 2.10 bits per heavy atom. The van der Waals surface area contributed by atoms with Gasteiger partial charge < -0.3 is 10.6 Å². The molecule has 0 spiro atoms. The third-order valence-corrected chi connectivity index (χ3v) is 4.05. The number of carbonyl (C=O) groups excluding carboxylic acids is 1. The molecule has 3 rings (SSSR count). The summed E-state index contributed by atoms with van der Waals surface area (Å²) in [5.41, 5.74) is 9.60. The van der Waals surface area contributed by atoms with E-state index < -0.39 is 0 Å². The first kappa shape index (κ1) is 14.1. The molecule has 4 heteroatoms. The summed E-state index contributed by atoms with van der Waals surface area (Å²) in [5.74, 6) is -0.000974. The lowest BCUT2D eigenvalue weighted by Gasteiger charge is -2.30. The SMILES string of the molecule is NCc1ccc2c(c1)CCCN2C(=O)c1cccc(Cl)c1. The summed E-state index contributed by atoms with van der Waals surface area (Å²) >= 11 is 5.98. The largest absolute Gasteiger partial charge is 0.326 e. The molecule has 0 saturated carbocycles. The zero-order chi connectivity index (χ0) is 14.8. The van der Waals surface area contributed by atoms with E-state index in [2.05, 4.69) is 6.07 Å². The van der Waals surface area contributed by atoms with E-state index in [0.29, 0.717) is 17.1 Å². The lowest BCUT2D eigenvalue weighted by Crippen LogP contribution is -2.35. The van der Waals surface area contributed by atoms with Gasteiger partial charge in [0.25, 0.3) is 5.91 Å². The molecule has 0 atom stereocenters. The Morgan fingerprint density at radius 3 is 2.86 bits per heavy atom. The van der Waals surface area contributed by atoms with Crippen LogP contribution in [-0.2, 0) is 13.0 Å². The second-order valence-electron chi connectivity index (χ2n) is 5.24. The predicted octanol–water partition coefficient (Wildman–Crippen LogP) is 3.39. The topological polar surface area (TPSA) is 46.3 Å². The number of amides is 1. The molecule has 0 aromatic heterocycles. The van der Waals surface area contributed by atoms with Gasteiger partial charge in [-0.2, -0.15) is 0 Å². The van der Waals surface area contributed by atoms with Crippen LogP contribution in [0, 0.1) is 0 Å². The number of nitrogens with zero attached hydrogens (tertiary/aromatic N) is 1. The summed E-state index contributed by atoms with van der Waals surface area (Å²) in [6.07, 6.45) is 1.95. The Hall–Kier alpha value is -1.84. The molecule has 0 radical (unpaired) electrons. The Balaban J connectivity index is 1.96. The van der Waals surface area contributed by atoms with Gasteiger partial charge in [-0.25, -0.2) is 0 Å². The van der Waals surface area contributed by atoms with E-state index >= 15 is 0 Å². The van der Waals surface area contributed by atoms with Crippen molar-refractivity contribution in [3.05, 3.63) is 64.2 Å². The lowest BCUT2D eigenvalue weighted by atomic mass is 9.98. The van der Waals surface area contributed by atoms with Crippen molar-refractivity contribution in [2.24, 2.45) is 5.73 Å². The standard InChI is InChI=1S/C17H17ClN2O/c18-15-5-1-3-14(10-15)17(21)20-8-2-4-13-9-12(11-19)6-7-16(13)20/h1,3,5-7,9-10H,2,4,8,11,19H2. The second-order valence-corrected chi connectivity index (χ2v) is 5.67. The number of fused-ring (bicyclic) bond motifs is 1. The third-order valence-electron chi connectivity index (χ3n) is 3.81. The van der Waals surface area contributed by atoms with E-state index in [0.717, 1.165) is 30.6 Å². The van der Waals surface area contributed by atoms with Crippen molar-refractivity contribution in [1.82, 2.24) is 0 Å². The third kappa shape index (κ3) is 2.80. The van der Waals surface area contributed by atoms with Crippen LogP contribution in [0.2, 0.25) is 5.02 Å². The van der Waals surface area contributed by atoms with Gasteiger partial charge in [-0.1, -0.05) is 29.8 Å². The number of anilines is 1. The molecule has 21 heavy (non-hydrogen) atoms. The highest BCUT2D eigenvalue weighted by Crippen LogP contribution is 2.29. The molecule has 1 aliphatic rings. The summed E-state index contributed by atoms with van der Waals surface area (Å²) in [5, 5.41) is 0.580. The molecule has 1 aliphatic heterocycles. The van der Waals surface area contributed by atoms with Crippen LogP contribution in [-0.4, -0.2) is 12.5 Å². The molecule has 1 heterocycles. The van der Waals surface area contributed by atoms with Gasteiger partial charge in [-0.15, -0.1) is 0 Å². The van der Waals surface area contributed by atoms with Crippen LogP contribution < -0.4 is 10.6 Å². The lowest BCUT2D eigenvalue weighted by molar-refractivity contribution is 0.0985. The van der Waals surface area contributed by atoms with E-state index in [4.69, 9.17) is 17.3 Å². The molecule has 0 saturated heterocycles. The Labute approximate surface area is 129 Å². The number of benzene rings is 2. The fraction of sp³-hybridized carbons (Fsp3) is 0.235. The number of aryl methyl sites for hydroxylation is 1. The number of rotatable bonds is 2. The molecule has 2 aromatic rings. The molecule has 0 bridgehead atoms. The zero-order valence-corrected chi connectivity index (χ0v) is 12.4. The quantitative estimate of drug-likeness (QED) is 0.924. The van der Waals surface area contributed by atoms with Gasteiger partial charge in [0.1, 0.15) is 0 Å². The van der Waals surface area contributed by atoms with E-state index in [1.807, 2.05) is 17.0 Å². The van der Waals surface area contributed by atoms with Crippen LogP contribution in [0.3, 0.4) is 0 Å². The van der Waals surface area contributed by atoms with Crippen LogP contribution in [0.4, 0.5) is 5.69 Å². The van der Waals surface area contributed by atoms with Crippen LogP contribution in [0.1, 0.15) is 27.9 Å². The van der Waals surface area contributed by atoms with E-state index in [1.54, 1.807) is 24.3 Å². The van der Waals surface area contributed by atoms with Gasteiger partial charge in [0.2, 0.25) is 0 Å². The smallest absolute Gasteiger partial charge is 0.258 e. The normalized spacial score (nSPS) is 13.9. The number of hydrogen-bond donors (Lipinski definition) is 1. The average Bonchev–Trinajstić information content (AvgIpc) is 2.53. The van der Waals surface area contributed by atoms with Crippen LogP contribution in [0.5, 0.6) is 0 Å². The fourth-order valence-electron chi connectivity index (χ4n) is 2.77. The van der Waals surface area contributed by atoms with Gasteiger partial charge in [-0.05, 0) is 48.2 Å². The molecular weight excluding hydrogens is 284 g/mol. The molecule has 0 fully saturated rings. The summed E-state index contributed by atoms with van der Waals surface area (Å²) < 4.78 is 0. The first-order valence-electron chi connectivity index (χ1n) is 7.08. The Morgan fingerprint density at radius 1 is 1.24 bits per heavy atom. The second kappa shape index (κ2) is 5.88. The minimum absolute atomic E-state index is 0.000974. The molecule has 0 aliphatic carbocycles. The first-order chi connectivity index (χ1) is 10.2. The highest BCUT2D eigenvalue weighted by molar-refractivity contribution is 6.31. The van der Waals surface area contributed by atoms with E-state index in [-0.39, 0.29) is 5.91 Å². The van der Waals surface area contributed by atoms with Crippen molar-refractivity contribution in [3.63, 3.8) is 0 Å². The predicted molar refractivity (Wildman–Crippen MR) is 85.8 cm³/mol.